The van der Waals surface area contributed by atoms with Crippen molar-refractivity contribution in [3.05, 3.63) is 24.3 Å². The quantitative estimate of drug-likeness (QED) is 0.822. The molecule has 2 nitrogen and oxygen atoms in total. The van der Waals surface area contributed by atoms with Gasteiger partial charge in [0.25, 0.3) is 0 Å². The Morgan fingerprint density at radius 3 is 2.27 bits per heavy atom. The minimum atomic E-state index is -4.63. The molecule has 0 spiro atoms. The number of hydrogen-bond acceptors (Lipinski definition) is 2. The topological polar surface area (TPSA) is 21.3 Å². The first-order valence-corrected chi connectivity index (χ1v) is 4.55. The summed E-state index contributed by atoms with van der Waals surface area (Å²) in [6.07, 6.45) is -4.63. The molecule has 86 valence electrons. The molecular formula is C10H14F3NO. The van der Waals surface area contributed by atoms with Crippen LogP contribution in [0.3, 0.4) is 0 Å². The van der Waals surface area contributed by atoms with E-state index < -0.39 is 6.36 Å². The van der Waals surface area contributed by atoms with Crippen LogP contribution < -0.4 is 10.1 Å². The van der Waals surface area contributed by atoms with Crippen LogP contribution in [-0.4, -0.2) is 13.4 Å². The van der Waals surface area contributed by atoms with Crippen molar-refractivity contribution in [2.75, 3.05) is 12.4 Å². The van der Waals surface area contributed by atoms with Gasteiger partial charge in [0.1, 0.15) is 5.75 Å². The van der Waals surface area contributed by atoms with E-state index in [-0.39, 0.29) is 5.75 Å². The highest BCUT2D eigenvalue weighted by atomic mass is 19.4. The molecule has 1 aromatic carbocycles. The SMILES string of the molecule is CC.CNc1cccc(OC(F)(F)F)c1. The Bertz CT molecular complexity index is 286. The van der Waals surface area contributed by atoms with Gasteiger partial charge >= 0.3 is 6.36 Å². The van der Waals surface area contributed by atoms with Crippen LogP contribution in [0.1, 0.15) is 13.8 Å². The highest BCUT2D eigenvalue weighted by molar-refractivity contribution is 5.47. The third-order valence-electron chi connectivity index (χ3n) is 1.36. The second-order valence-corrected chi connectivity index (χ2v) is 2.33. The highest BCUT2D eigenvalue weighted by Gasteiger charge is 2.30. The molecule has 0 aromatic heterocycles. The Hall–Kier alpha value is -1.39. The number of halogens is 3. The van der Waals surface area contributed by atoms with Crippen LogP contribution in [-0.2, 0) is 0 Å². The molecule has 0 saturated carbocycles. The van der Waals surface area contributed by atoms with Gasteiger partial charge in [-0.3, -0.25) is 0 Å². The molecule has 0 heterocycles. The van der Waals surface area contributed by atoms with E-state index in [1.54, 1.807) is 13.1 Å². The Morgan fingerprint density at radius 1 is 1.20 bits per heavy atom. The normalized spacial score (nSPS) is 10.0. The maximum atomic E-state index is 11.7. The molecule has 1 aromatic rings. The summed E-state index contributed by atoms with van der Waals surface area (Å²) >= 11 is 0. The van der Waals surface area contributed by atoms with Gasteiger partial charge in [-0.05, 0) is 12.1 Å². The van der Waals surface area contributed by atoms with Crippen LogP contribution in [0.4, 0.5) is 18.9 Å². The smallest absolute Gasteiger partial charge is 0.406 e. The molecule has 1 N–H and O–H groups in total. The van der Waals surface area contributed by atoms with Gasteiger partial charge < -0.3 is 10.1 Å². The van der Waals surface area contributed by atoms with Crippen molar-refractivity contribution >= 4 is 5.69 Å². The standard InChI is InChI=1S/C8H8F3NO.C2H6/c1-12-6-3-2-4-7(5-6)13-8(9,10)11;1-2/h2-5,12H,1H3;1-2H3. The van der Waals surface area contributed by atoms with Crippen LogP contribution in [0.15, 0.2) is 24.3 Å². The molecule has 0 saturated heterocycles. The first-order valence-electron chi connectivity index (χ1n) is 4.55. The van der Waals surface area contributed by atoms with Gasteiger partial charge in [0.05, 0.1) is 0 Å². The van der Waals surface area contributed by atoms with Crippen LogP contribution in [0.5, 0.6) is 5.75 Å². The third kappa shape index (κ3) is 5.83. The number of rotatable bonds is 2. The number of alkyl halides is 3. The number of nitrogens with one attached hydrogen (secondary N) is 1. The molecular weight excluding hydrogens is 207 g/mol. The fourth-order valence-corrected chi connectivity index (χ4v) is 0.849. The molecule has 1 rings (SSSR count). The summed E-state index contributed by atoms with van der Waals surface area (Å²) in [5.41, 5.74) is 0.571. The summed E-state index contributed by atoms with van der Waals surface area (Å²) in [6.45, 7) is 4.00. The van der Waals surface area contributed by atoms with Crippen molar-refractivity contribution in [3.63, 3.8) is 0 Å². The van der Waals surface area contributed by atoms with E-state index in [1.165, 1.54) is 18.2 Å². The first kappa shape index (κ1) is 13.6. The summed E-state index contributed by atoms with van der Waals surface area (Å²) in [4.78, 5) is 0. The lowest BCUT2D eigenvalue weighted by Crippen LogP contribution is -2.17. The molecule has 0 aliphatic carbocycles. The molecule has 0 aliphatic heterocycles. The molecule has 0 radical (unpaired) electrons. The van der Waals surface area contributed by atoms with Crippen LogP contribution in [0, 0.1) is 0 Å². The van der Waals surface area contributed by atoms with E-state index >= 15 is 0 Å². The predicted molar refractivity (Wildman–Crippen MR) is 54.0 cm³/mol. The first-order chi connectivity index (χ1) is 7.01. The van der Waals surface area contributed by atoms with E-state index in [0.717, 1.165) is 0 Å². The Morgan fingerprint density at radius 2 is 1.80 bits per heavy atom. The average molecular weight is 221 g/mol. The van der Waals surface area contributed by atoms with E-state index in [9.17, 15) is 13.2 Å². The minimum Gasteiger partial charge on any atom is -0.406 e. The summed E-state index contributed by atoms with van der Waals surface area (Å²) in [5.74, 6) is -0.223. The fraction of sp³-hybridized carbons (Fsp3) is 0.400. The second kappa shape index (κ2) is 6.16. The number of hydrogen-bond donors (Lipinski definition) is 1. The predicted octanol–water partition coefficient (Wildman–Crippen LogP) is 3.65. The van der Waals surface area contributed by atoms with Gasteiger partial charge in [-0.1, -0.05) is 19.9 Å². The van der Waals surface area contributed by atoms with Gasteiger partial charge in [-0.25, -0.2) is 0 Å². The summed E-state index contributed by atoms with van der Waals surface area (Å²) in [6, 6.07) is 5.64. The van der Waals surface area contributed by atoms with Crippen molar-refractivity contribution in [1.82, 2.24) is 0 Å². The van der Waals surface area contributed by atoms with Gasteiger partial charge in [0.15, 0.2) is 0 Å². The van der Waals surface area contributed by atoms with E-state index in [0.29, 0.717) is 5.69 Å². The minimum absolute atomic E-state index is 0.223. The second-order valence-electron chi connectivity index (χ2n) is 2.33. The molecule has 0 aliphatic rings. The van der Waals surface area contributed by atoms with Crippen molar-refractivity contribution in [1.29, 1.82) is 0 Å². The van der Waals surface area contributed by atoms with E-state index in [4.69, 9.17) is 0 Å². The van der Waals surface area contributed by atoms with E-state index in [2.05, 4.69) is 10.1 Å². The zero-order chi connectivity index (χ0) is 11.9. The van der Waals surface area contributed by atoms with Crippen LogP contribution in [0.2, 0.25) is 0 Å². The van der Waals surface area contributed by atoms with Crippen molar-refractivity contribution in [3.8, 4) is 5.75 Å². The van der Waals surface area contributed by atoms with Gasteiger partial charge in [0, 0.05) is 18.8 Å². The molecule has 15 heavy (non-hydrogen) atoms. The molecule has 0 amide bonds. The van der Waals surface area contributed by atoms with Crippen LogP contribution >= 0.6 is 0 Å². The summed E-state index contributed by atoms with van der Waals surface area (Å²) in [5, 5.41) is 2.71. The van der Waals surface area contributed by atoms with Crippen LogP contribution in [0.25, 0.3) is 0 Å². The largest absolute Gasteiger partial charge is 0.573 e. The van der Waals surface area contributed by atoms with Gasteiger partial charge in [0.2, 0.25) is 0 Å². The van der Waals surface area contributed by atoms with Crippen molar-refractivity contribution in [2.45, 2.75) is 20.2 Å². The summed E-state index contributed by atoms with van der Waals surface area (Å²) in [7, 11) is 1.62. The zero-order valence-corrected chi connectivity index (χ0v) is 8.85. The lowest BCUT2D eigenvalue weighted by Gasteiger charge is -2.09. The molecule has 5 heteroatoms. The number of ether oxygens (including phenoxy) is 1. The Balaban J connectivity index is 0.000000921. The highest BCUT2D eigenvalue weighted by Crippen LogP contribution is 2.24. The molecule has 0 unspecified atom stereocenters. The Labute approximate surface area is 87.1 Å². The maximum absolute atomic E-state index is 11.7. The average Bonchev–Trinajstić information content (AvgIpc) is 2.19. The summed E-state index contributed by atoms with van der Waals surface area (Å²) < 4.78 is 38.9. The molecule has 0 bridgehead atoms. The number of benzene rings is 1. The van der Waals surface area contributed by atoms with Gasteiger partial charge in [-0.2, -0.15) is 0 Å². The number of anilines is 1. The lowest BCUT2D eigenvalue weighted by molar-refractivity contribution is -0.274. The van der Waals surface area contributed by atoms with E-state index in [1.807, 2.05) is 13.8 Å². The van der Waals surface area contributed by atoms with Gasteiger partial charge in [-0.15, -0.1) is 13.2 Å². The maximum Gasteiger partial charge on any atom is 0.573 e. The van der Waals surface area contributed by atoms with Crippen molar-refractivity contribution in [2.24, 2.45) is 0 Å². The third-order valence-corrected chi connectivity index (χ3v) is 1.36. The Kier molecular flexibility index (Phi) is 5.59. The molecule has 0 fully saturated rings. The lowest BCUT2D eigenvalue weighted by atomic mass is 10.3. The van der Waals surface area contributed by atoms with Crippen molar-refractivity contribution < 1.29 is 17.9 Å². The molecule has 0 atom stereocenters. The zero-order valence-electron chi connectivity index (χ0n) is 8.85. The fourth-order valence-electron chi connectivity index (χ4n) is 0.849. The monoisotopic (exact) mass is 221 g/mol.